The number of ether oxygens (including phenoxy) is 1. The van der Waals surface area contributed by atoms with Gasteiger partial charge in [0.05, 0.1) is 35.9 Å². The summed E-state index contributed by atoms with van der Waals surface area (Å²) in [6, 6.07) is 15.8. The number of urea groups is 1. The van der Waals surface area contributed by atoms with Crippen molar-refractivity contribution in [3.05, 3.63) is 93.5 Å². The van der Waals surface area contributed by atoms with E-state index < -0.39 is 35.0 Å². The highest BCUT2D eigenvalue weighted by Gasteiger charge is 2.25. The quantitative estimate of drug-likeness (QED) is 0.203. The van der Waals surface area contributed by atoms with E-state index in [9.17, 15) is 34.4 Å². The van der Waals surface area contributed by atoms with Gasteiger partial charge in [-0.15, -0.1) is 0 Å². The zero-order valence-corrected chi connectivity index (χ0v) is 24.1. The number of aryl methyl sites for hydroxylation is 1. The number of hydrogen-bond acceptors (Lipinski definition) is 8. The molecule has 3 aromatic rings. The number of amides is 4. The van der Waals surface area contributed by atoms with Crippen LogP contribution in [-0.2, 0) is 9.53 Å². The Balaban J connectivity index is 1.58. The maximum atomic E-state index is 13.4. The highest BCUT2D eigenvalue weighted by molar-refractivity contribution is 6.04. The summed E-state index contributed by atoms with van der Waals surface area (Å²) in [6.45, 7) is 3.49. The number of anilines is 3. The average Bonchev–Trinajstić information content (AvgIpc) is 3.00. The number of methoxy groups -OCH3 is 1. The summed E-state index contributed by atoms with van der Waals surface area (Å²) in [7, 11) is 1.31. The standard InChI is InChI=1S/C30H32N6O8/c1-19-3-5-20(6-4-19)24(18-27(37)38)32-28(39)21-7-12-26(34-13-15-35(16-14-34)30(41)44-2)25(17-21)33-29(40)31-22-8-10-23(11-9-22)36(42)43/h3-12,17,24H,13-16,18H2,1-2H3,(H,32,39)(H,37,38)(H2,31,33,40). The van der Waals surface area contributed by atoms with Crippen LogP contribution in [0.3, 0.4) is 0 Å². The van der Waals surface area contributed by atoms with Gasteiger partial charge in [0.15, 0.2) is 0 Å². The van der Waals surface area contributed by atoms with Crippen LogP contribution in [0.2, 0.25) is 0 Å². The van der Waals surface area contributed by atoms with Crippen LogP contribution in [0.5, 0.6) is 0 Å². The first-order chi connectivity index (χ1) is 21.0. The van der Waals surface area contributed by atoms with Gasteiger partial charge in [-0.1, -0.05) is 29.8 Å². The van der Waals surface area contributed by atoms with Gasteiger partial charge in [0, 0.05) is 49.6 Å². The first-order valence-corrected chi connectivity index (χ1v) is 13.7. The lowest BCUT2D eigenvalue weighted by molar-refractivity contribution is -0.384. The molecule has 1 unspecified atom stereocenters. The second kappa shape index (κ2) is 14.0. The molecule has 3 aromatic carbocycles. The predicted octanol–water partition coefficient (Wildman–Crippen LogP) is 4.38. The van der Waals surface area contributed by atoms with E-state index in [1.807, 2.05) is 24.0 Å². The Morgan fingerprint density at radius 1 is 0.955 bits per heavy atom. The van der Waals surface area contributed by atoms with Gasteiger partial charge in [-0.05, 0) is 42.8 Å². The molecule has 0 aromatic heterocycles. The SMILES string of the molecule is COC(=O)N1CCN(c2ccc(C(=O)NC(CC(=O)O)c3ccc(C)cc3)cc2NC(=O)Nc2ccc([N+](=O)[O-])cc2)CC1. The van der Waals surface area contributed by atoms with Crippen molar-refractivity contribution >= 4 is 46.8 Å². The van der Waals surface area contributed by atoms with Crippen molar-refractivity contribution in [1.29, 1.82) is 0 Å². The van der Waals surface area contributed by atoms with Crippen LogP contribution in [-0.4, -0.2) is 72.2 Å². The number of carbonyl (C=O) groups is 4. The summed E-state index contributed by atoms with van der Waals surface area (Å²) >= 11 is 0. The molecule has 4 rings (SSSR count). The lowest BCUT2D eigenvalue weighted by Crippen LogP contribution is -2.49. The normalized spacial score (nSPS) is 13.4. The summed E-state index contributed by atoms with van der Waals surface area (Å²) in [5, 5.41) is 28.6. The Morgan fingerprint density at radius 2 is 1.61 bits per heavy atom. The molecule has 230 valence electrons. The Morgan fingerprint density at radius 3 is 2.20 bits per heavy atom. The maximum absolute atomic E-state index is 13.4. The number of carboxylic acid groups (broad SMARTS) is 1. The van der Waals surface area contributed by atoms with Crippen LogP contribution in [0, 0.1) is 17.0 Å². The third-order valence-electron chi connectivity index (χ3n) is 7.06. The summed E-state index contributed by atoms with van der Waals surface area (Å²) < 4.78 is 4.80. The fourth-order valence-corrected chi connectivity index (χ4v) is 4.73. The molecule has 14 heteroatoms. The zero-order chi connectivity index (χ0) is 31.8. The van der Waals surface area contributed by atoms with Crippen molar-refractivity contribution < 1.29 is 33.9 Å². The molecule has 1 saturated heterocycles. The molecule has 0 radical (unpaired) electrons. The zero-order valence-electron chi connectivity index (χ0n) is 24.1. The second-order valence-electron chi connectivity index (χ2n) is 10.1. The highest BCUT2D eigenvalue weighted by atomic mass is 16.6. The van der Waals surface area contributed by atoms with Gasteiger partial charge < -0.3 is 35.6 Å². The molecule has 0 spiro atoms. The number of nitrogens with one attached hydrogen (secondary N) is 3. The lowest BCUT2D eigenvalue weighted by atomic mass is 10.0. The highest BCUT2D eigenvalue weighted by Crippen LogP contribution is 2.30. The first-order valence-electron chi connectivity index (χ1n) is 13.7. The molecule has 4 amide bonds. The number of carbonyl (C=O) groups excluding carboxylic acids is 3. The number of nitro benzene ring substituents is 1. The molecule has 1 aliphatic rings. The molecule has 1 heterocycles. The molecule has 14 nitrogen and oxygen atoms in total. The molecule has 1 aliphatic heterocycles. The van der Waals surface area contributed by atoms with Crippen LogP contribution < -0.4 is 20.9 Å². The lowest BCUT2D eigenvalue weighted by Gasteiger charge is -2.36. The Kier molecular flexibility index (Phi) is 9.96. The number of nitro groups is 1. The van der Waals surface area contributed by atoms with E-state index in [1.165, 1.54) is 37.4 Å². The molecule has 0 aliphatic carbocycles. The smallest absolute Gasteiger partial charge is 0.409 e. The van der Waals surface area contributed by atoms with E-state index in [0.717, 1.165) is 5.56 Å². The monoisotopic (exact) mass is 604 g/mol. The number of piperazine rings is 1. The number of benzene rings is 3. The molecule has 1 fully saturated rings. The summed E-state index contributed by atoms with van der Waals surface area (Å²) in [5.74, 6) is -1.62. The second-order valence-corrected chi connectivity index (χ2v) is 10.1. The van der Waals surface area contributed by atoms with E-state index >= 15 is 0 Å². The maximum Gasteiger partial charge on any atom is 0.409 e. The first kappa shape index (κ1) is 31.3. The fourth-order valence-electron chi connectivity index (χ4n) is 4.73. The number of aliphatic carboxylic acids is 1. The van der Waals surface area contributed by atoms with Crippen molar-refractivity contribution in [3.63, 3.8) is 0 Å². The van der Waals surface area contributed by atoms with E-state index in [0.29, 0.717) is 43.1 Å². The third-order valence-corrected chi connectivity index (χ3v) is 7.06. The van der Waals surface area contributed by atoms with Crippen molar-refractivity contribution in [2.24, 2.45) is 0 Å². The van der Waals surface area contributed by atoms with E-state index in [4.69, 9.17) is 4.74 Å². The largest absolute Gasteiger partial charge is 0.481 e. The van der Waals surface area contributed by atoms with Crippen LogP contribution >= 0.6 is 0 Å². The van der Waals surface area contributed by atoms with Crippen LogP contribution in [0.4, 0.5) is 32.3 Å². The van der Waals surface area contributed by atoms with E-state index in [-0.39, 0.29) is 23.4 Å². The number of rotatable bonds is 9. The Bertz CT molecular complexity index is 1540. The van der Waals surface area contributed by atoms with Crippen LogP contribution in [0.25, 0.3) is 0 Å². The molecular formula is C30H32N6O8. The minimum absolute atomic E-state index is 0.130. The van der Waals surface area contributed by atoms with Crippen molar-refractivity contribution in [2.75, 3.05) is 48.8 Å². The number of carboxylic acids is 1. The minimum Gasteiger partial charge on any atom is -0.481 e. The summed E-state index contributed by atoms with van der Waals surface area (Å²) in [6.07, 6.45) is -0.776. The molecule has 1 atom stereocenters. The molecular weight excluding hydrogens is 572 g/mol. The van der Waals surface area contributed by atoms with Crippen molar-refractivity contribution in [3.8, 4) is 0 Å². The van der Waals surface area contributed by atoms with Crippen molar-refractivity contribution in [1.82, 2.24) is 10.2 Å². The average molecular weight is 605 g/mol. The van der Waals surface area contributed by atoms with Gasteiger partial charge in [-0.2, -0.15) is 0 Å². The minimum atomic E-state index is -1.08. The molecule has 4 N–H and O–H groups in total. The number of nitrogens with zero attached hydrogens (tertiary/aromatic N) is 3. The topological polar surface area (TPSA) is 183 Å². The van der Waals surface area contributed by atoms with Gasteiger partial charge in [0.1, 0.15) is 0 Å². The van der Waals surface area contributed by atoms with Gasteiger partial charge in [-0.25, -0.2) is 9.59 Å². The third kappa shape index (κ3) is 8.00. The summed E-state index contributed by atoms with van der Waals surface area (Å²) in [5.41, 5.74) is 2.85. The number of non-ortho nitro benzene ring substituents is 1. The van der Waals surface area contributed by atoms with Gasteiger partial charge >= 0.3 is 18.1 Å². The van der Waals surface area contributed by atoms with Crippen LogP contribution in [0.15, 0.2) is 66.7 Å². The fraction of sp³-hybridized carbons (Fsp3) is 0.267. The molecule has 0 bridgehead atoms. The Labute approximate surface area is 252 Å². The van der Waals surface area contributed by atoms with E-state index in [2.05, 4.69) is 16.0 Å². The molecule has 0 saturated carbocycles. The predicted molar refractivity (Wildman–Crippen MR) is 162 cm³/mol. The Hall–Kier alpha value is -5.66. The van der Waals surface area contributed by atoms with E-state index in [1.54, 1.807) is 29.2 Å². The van der Waals surface area contributed by atoms with Gasteiger partial charge in [0.2, 0.25) is 0 Å². The summed E-state index contributed by atoms with van der Waals surface area (Å²) in [4.78, 5) is 63.8. The van der Waals surface area contributed by atoms with Gasteiger partial charge in [-0.3, -0.25) is 19.7 Å². The van der Waals surface area contributed by atoms with Crippen LogP contribution in [0.1, 0.15) is 33.9 Å². The van der Waals surface area contributed by atoms with Crippen molar-refractivity contribution in [2.45, 2.75) is 19.4 Å². The molecule has 44 heavy (non-hydrogen) atoms. The number of hydrogen-bond donors (Lipinski definition) is 4. The van der Waals surface area contributed by atoms with Gasteiger partial charge in [0.25, 0.3) is 11.6 Å².